The molecule has 0 radical (unpaired) electrons. The highest BCUT2D eigenvalue weighted by Gasteiger charge is 2.50. The SMILES string of the molecule is CCC(C)(C[C@H]1O[C@@H](n2cc(I)c(N)nc2=O)[C@H](O)[C@@H]1O)OP(=O)(O)[C@@](C)(O)CC. The quantitative estimate of drug-likeness (QED) is 0.227. The fraction of sp³-hybridized carbons (Fsp3) is 0.765. The van der Waals surface area contributed by atoms with Gasteiger partial charge in [0.25, 0.3) is 0 Å². The number of halogens is 1. The highest BCUT2D eigenvalue weighted by molar-refractivity contribution is 14.1. The van der Waals surface area contributed by atoms with Crippen LogP contribution in [0.2, 0.25) is 0 Å². The van der Waals surface area contributed by atoms with Gasteiger partial charge in [-0.15, -0.1) is 0 Å². The second-order valence-corrected chi connectivity index (χ2v) is 11.2. The molecule has 0 bridgehead atoms. The lowest BCUT2D eigenvalue weighted by molar-refractivity contribution is -0.0714. The predicted molar refractivity (Wildman–Crippen MR) is 117 cm³/mol. The summed E-state index contributed by atoms with van der Waals surface area (Å²) in [4.78, 5) is 26.1. The molecule has 11 nitrogen and oxygen atoms in total. The molecule has 1 aromatic heterocycles. The number of aliphatic hydroxyl groups is 3. The number of aromatic nitrogens is 2. The van der Waals surface area contributed by atoms with Crippen molar-refractivity contribution < 1.29 is 34.0 Å². The molecule has 0 spiro atoms. The Bertz CT molecular complexity index is 881. The average Bonchev–Trinajstić information content (AvgIpc) is 2.92. The van der Waals surface area contributed by atoms with Crippen molar-refractivity contribution in [1.29, 1.82) is 0 Å². The first-order chi connectivity index (χ1) is 13.7. The lowest BCUT2D eigenvalue weighted by atomic mass is 9.93. The molecule has 1 aliphatic heterocycles. The van der Waals surface area contributed by atoms with Gasteiger partial charge < -0.3 is 35.2 Å². The Kier molecular flexibility index (Phi) is 7.78. The molecular weight excluding hydrogens is 532 g/mol. The second-order valence-electron chi connectivity index (χ2n) is 7.90. The largest absolute Gasteiger partial charge is 0.388 e. The van der Waals surface area contributed by atoms with Crippen LogP contribution in [0, 0.1) is 3.57 Å². The zero-order valence-electron chi connectivity index (χ0n) is 17.2. The molecule has 0 aliphatic carbocycles. The standard InChI is InChI=1S/C17H29IN3O8P/c1-5-16(3,29-30(26,27)17(4,25)6-2)7-10-11(22)12(23)14(28-10)21-8-9(18)13(19)20-15(21)24/h8,10-12,14,22-23,25H,5-7H2,1-4H3,(H,26,27)(H2,19,20,24)/t10-,11-,12-,14-,16?,17-/m1/s1. The number of hydrogen-bond donors (Lipinski definition) is 5. The second kappa shape index (κ2) is 9.10. The highest BCUT2D eigenvalue weighted by atomic mass is 127. The van der Waals surface area contributed by atoms with Crippen LogP contribution < -0.4 is 11.4 Å². The molecule has 1 aromatic rings. The maximum absolute atomic E-state index is 12.6. The van der Waals surface area contributed by atoms with Crippen LogP contribution in [0.3, 0.4) is 0 Å². The first-order valence-corrected chi connectivity index (χ1v) is 12.2. The molecule has 2 rings (SSSR count). The first kappa shape index (κ1) is 25.7. The summed E-state index contributed by atoms with van der Waals surface area (Å²) in [5.74, 6) is 0.0371. The maximum Gasteiger partial charge on any atom is 0.359 e. The van der Waals surface area contributed by atoms with Crippen molar-refractivity contribution >= 4 is 36.0 Å². The summed E-state index contributed by atoms with van der Waals surface area (Å²) in [5.41, 5.74) is 3.60. The molecule has 0 amide bonds. The number of anilines is 1. The van der Waals surface area contributed by atoms with E-state index in [-0.39, 0.29) is 25.1 Å². The molecule has 6 N–H and O–H groups in total. The van der Waals surface area contributed by atoms with Crippen molar-refractivity contribution in [3.05, 3.63) is 20.3 Å². The Hall–Kier alpha value is -0.600. The number of aliphatic hydroxyl groups excluding tert-OH is 2. The van der Waals surface area contributed by atoms with E-state index in [1.54, 1.807) is 20.8 Å². The van der Waals surface area contributed by atoms with Crippen molar-refractivity contribution in [2.24, 2.45) is 0 Å². The van der Waals surface area contributed by atoms with Gasteiger partial charge >= 0.3 is 13.3 Å². The highest BCUT2D eigenvalue weighted by Crippen LogP contribution is 2.59. The Labute approximate surface area is 187 Å². The van der Waals surface area contributed by atoms with Crippen LogP contribution in [0.15, 0.2) is 11.0 Å². The lowest BCUT2D eigenvalue weighted by Gasteiger charge is -2.37. The van der Waals surface area contributed by atoms with Gasteiger partial charge in [0, 0.05) is 12.6 Å². The number of nitrogens with two attached hydrogens (primary N) is 1. The third kappa shape index (κ3) is 5.07. The fourth-order valence-electron chi connectivity index (χ4n) is 3.04. The first-order valence-electron chi connectivity index (χ1n) is 9.50. The van der Waals surface area contributed by atoms with Gasteiger partial charge in [-0.25, -0.2) is 4.79 Å². The summed E-state index contributed by atoms with van der Waals surface area (Å²) in [6, 6.07) is 0. The fourth-order valence-corrected chi connectivity index (χ4v) is 4.85. The van der Waals surface area contributed by atoms with E-state index in [0.717, 1.165) is 4.57 Å². The molecule has 172 valence electrons. The third-order valence-electron chi connectivity index (χ3n) is 5.55. The third-order valence-corrected chi connectivity index (χ3v) is 8.60. The number of hydrogen-bond acceptors (Lipinski definition) is 9. The molecule has 2 heterocycles. The van der Waals surface area contributed by atoms with E-state index < -0.39 is 48.8 Å². The monoisotopic (exact) mass is 561 g/mol. The smallest absolute Gasteiger partial charge is 0.359 e. The van der Waals surface area contributed by atoms with Gasteiger partial charge in [-0.1, -0.05) is 13.8 Å². The molecule has 1 aliphatic rings. The molecule has 0 saturated carbocycles. The van der Waals surface area contributed by atoms with Gasteiger partial charge in [-0.3, -0.25) is 9.13 Å². The summed E-state index contributed by atoms with van der Waals surface area (Å²) in [6.45, 7) is 6.04. The molecular formula is C17H29IN3O8P. The van der Waals surface area contributed by atoms with Crippen LogP contribution in [-0.4, -0.2) is 59.0 Å². The minimum atomic E-state index is -4.44. The van der Waals surface area contributed by atoms with Gasteiger partial charge in [-0.05, 0) is 49.3 Å². The minimum absolute atomic E-state index is 0.00436. The summed E-state index contributed by atoms with van der Waals surface area (Å²) in [6.07, 6.45) is -3.53. The zero-order valence-corrected chi connectivity index (χ0v) is 20.3. The van der Waals surface area contributed by atoms with E-state index in [1.807, 2.05) is 22.6 Å². The normalized spacial score (nSPS) is 30.4. The number of nitrogen functional groups attached to an aromatic ring is 1. The zero-order chi connectivity index (χ0) is 23.1. The van der Waals surface area contributed by atoms with Crippen molar-refractivity contribution in [3.63, 3.8) is 0 Å². The summed E-state index contributed by atoms with van der Waals surface area (Å²) < 4.78 is 25.3. The molecule has 13 heteroatoms. The summed E-state index contributed by atoms with van der Waals surface area (Å²) in [5, 5.41) is 29.2. The van der Waals surface area contributed by atoms with Crippen molar-refractivity contribution in [2.45, 2.75) is 82.4 Å². The Morgan fingerprint density at radius 1 is 1.33 bits per heavy atom. The molecule has 7 atom stereocenters. The van der Waals surface area contributed by atoms with E-state index in [1.165, 1.54) is 13.1 Å². The van der Waals surface area contributed by atoms with E-state index >= 15 is 0 Å². The predicted octanol–water partition coefficient (Wildman–Crippen LogP) is 0.929. The van der Waals surface area contributed by atoms with Crippen LogP contribution in [0.25, 0.3) is 0 Å². The average molecular weight is 561 g/mol. The number of rotatable bonds is 8. The number of nitrogens with zero attached hydrogens (tertiary/aromatic N) is 2. The lowest BCUT2D eigenvalue weighted by Crippen LogP contribution is -2.40. The van der Waals surface area contributed by atoms with Gasteiger partial charge in [0.05, 0.1) is 15.3 Å². The topological polar surface area (TPSA) is 177 Å². The molecule has 0 aromatic carbocycles. The number of ether oxygens (including phenoxy) is 1. The van der Waals surface area contributed by atoms with Gasteiger partial charge in [-0.2, -0.15) is 4.98 Å². The maximum atomic E-state index is 12.6. The van der Waals surface area contributed by atoms with Gasteiger partial charge in [0.2, 0.25) is 0 Å². The summed E-state index contributed by atoms with van der Waals surface area (Å²) in [7, 11) is -4.44. The van der Waals surface area contributed by atoms with E-state index in [9.17, 15) is 29.6 Å². The molecule has 1 saturated heterocycles. The van der Waals surface area contributed by atoms with Crippen LogP contribution in [-0.2, 0) is 13.8 Å². The van der Waals surface area contributed by atoms with Crippen LogP contribution in [0.4, 0.5) is 5.82 Å². The van der Waals surface area contributed by atoms with Crippen molar-refractivity contribution in [1.82, 2.24) is 9.55 Å². The van der Waals surface area contributed by atoms with Gasteiger partial charge in [0.15, 0.2) is 11.6 Å². The molecule has 30 heavy (non-hydrogen) atoms. The molecule has 2 unspecified atom stereocenters. The van der Waals surface area contributed by atoms with E-state index in [0.29, 0.717) is 3.57 Å². The summed E-state index contributed by atoms with van der Waals surface area (Å²) >= 11 is 1.88. The van der Waals surface area contributed by atoms with E-state index in [4.69, 9.17) is 15.0 Å². The van der Waals surface area contributed by atoms with Crippen molar-refractivity contribution in [2.75, 3.05) is 5.73 Å². The minimum Gasteiger partial charge on any atom is -0.388 e. The Balaban J connectivity index is 2.27. The van der Waals surface area contributed by atoms with Crippen molar-refractivity contribution in [3.8, 4) is 0 Å². The van der Waals surface area contributed by atoms with Crippen LogP contribution >= 0.6 is 30.2 Å². The molecule has 1 fully saturated rings. The van der Waals surface area contributed by atoms with Crippen LogP contribution in [0.1, 0.15) is 53.2 Å². The van der Waals surface area contributed by atoms with E-state index in [2.05, 4.69) is 4.98 Å². The van der Waals surface area contributed by atoms with Gasteiger partial charge in [0.1, 0.15) is 18.0 Å². The van der Waals surface area contributed by atoms with Crippen LogP contribution in [0.5, 0.6) is 0 Å². The Morgan fingerprint density at radius 3 is 2.47 bits per heavy atom. The Morgan fingerprint density at radius 2 is 1.93 bits per heavy atom.